The first-order valence-corrected chi connectivity index (χ1v) is 7.88. The summed E-state index contributed by atoms with van der Waals surface area (Å²) in [7, 11) is 0. The number of nitriles is 1. The fraction of sp³-hybridized carbons (Fsp3) is 0.0556. The van der Waals surface area contributed by atoms with E-state index in [0.29, 0.717) is 11.4 Å². The molecular weight excluding hydrogens is 306 g/mol. The summed E-state index contributed by atoms with van der Waals surface area (Å²) in [6.07, 6.45) is 1.50. The number of benzene rings is 2. The highest BCUT2D eigenvalue weighted by atomic mass is 32.1. The fourth-order valence-electron chi connectivity index (χ4n) is 2.27. The molecule has 2 aromatic carbocycles. The summed E-state index contributed by atoms with van der Waals surface area (Å²) in [5.74, 6) is -0.436. The number of aromatic nitrogens is 1. The molecule has 0 saturated heterocycles. The van der Waals surface area contributed by atoms with E-state index >= 15 is 0 Å². The van der Waals surface area contributed by atoms with Gasteiger partial charge in [0.1, 0.15) is 11.6 Å². The molecule has 1 heterocycles. The van der Waals surface area contributed by atoms with Crippen LogP contribution in [0.15, 0.2) is 53.4 Å². The van der Waals surface area contributed by atoms with Crippen molar-refractivity contribution in [2.24, 2.45) is 0 Å². The minimum atomic E-state index is -0.436. The fourth-order valence-corrected chi connectivity index (χ4v) is 2.84. The molecule has 0 saturated carbocycles. The van der Waals surface area contributed by atoms with Gasteiger partial charge in [0.15, 0.2) is 0 Å². The predicted molar refractivity (Wildman–Crippen MR) is 93.0 cm³/mol. The van der Waals surface area contributed by atoms with E-state index in [4.69, 9.17) is 0 Å². The molecule has 0 atom stereocenters. The molecule has 0 aliphatic carbocycles. The van der Waals surface area contributed by atoms with Gasteiger partial charge in [-0.2, -0.15) is 5.26 Å². The molecule has 4 nitrogen and oxygen atoms in total. The number of carbonyl (C=O) groups excluding carboxylic acids is 1. The summed E-state index contributed by atoms with van der Waals surface area (Å²) in [4.78, 5) is 16.6. The molecule has 3 aromatic rings. The lowest BCUT2D eigenvalue weighted by atomic mass is 10.1. The van der Waals surface area contributed by atoms with Gasteiger partial charge in [0.25, 0.3) is 5.91 Å². The van der Waals surface area contributed by atoms with Crippen LogP contribution in [0.1, 0.15) is 10.7 Å². The molecule has 3 rings (SSSR count). The second kappa shape index (κ2) is 6.42. The van der Waals surface area contributed by atoms with Crippen molar-refractivity contribution >= 4 is 39.8 Å². The molecule has 0 bridgehead atoms. The molecular formula is C18H13N3OS. The van der Waals surface area contributed by atoms with Gasteiger partial charge in [-0.1, -0.05) is 36.4 Å². The number of fused-ring (bicyclic) bond motifs is 1. The Morgan fingerprint density at radius 1 is 1.26 bits per heavy atom. The lowest BCUT2D eigenvalue weighted by Gasteiger charge is -2.08. The molecule has 1 aromatic heterocycles. The Morgan fingerprint density at radius 3 is 2.78 bits per heavy atom. The van der Waals surface area contributed by atoms with E-state index in [0.717, 1.165) is 15.8 Å². The highest BCUT2D eigenvalue weighted by molar-refractivity contribution is 7.09. The molecule has 0 fully saturated rings. The van der Waals surface area contributed by atoms with Crippen LogP contribution in [0, 0.1) is 18.3 Å². The van der Waals surface area contributed by atoms with Gasteiger partial charge in [0, 0.05) is 16.5 Å². The molecule has 112 valence electrons. The number of nitrogens with zero attached hydrogens (tertiary/aromatic N) is 2. The molecule has 5 heteroatoms. The Kier molecular flexibility index (Phi) is 4.18. The van der Waals surface area contributed by atoms with E-state index in [1.54, 1.807) is 0 Å². The van der Waals surface area contributed by atoms with E-state index in [-0.39, 0.29) is 5.57 Å². The van der Waals surface area contributed by atoms with Crippen molar-refractivity contribution in [3.63, 3.8) is 0 Å². The molecule has 1 amide bonds. The van der Waals surface area contributed by atoms with Crippen LogP contribution < -0.4 is 5.32 Å². The average Bonchev–Trinajstić information content (AvgIpc) is 2.98. The van der Waals surface area contributed by atoms with Crippen molar-refractivity contribution in [1.82, 2.24) is 4.98 Å². The van der Waals surface area contributed by atoms with Gasteiger partial charge in [-0.15, -0.1) is 11.3 Å². The van der Waals surface area contributed by atoms with Gasteiger partial charge in [0.05, 0.1) is 10.7 Å². The minimum Gasteiger partial charge on any atom is -0.321 e. The molecule has 0 radical (unpaired) electrons. The van der Waals surface area contributed by atoms with Crippen molar-refractivity contribution in [1.29, 1.82) is 5.26 Å². The maximum atomic E-state index is 12.4. The second-order valence-corrected chi connectivity index (χ2v) is 6.00. The number of anilines is 1. The van der Waals surface area contributed by atoms with E-state index in [1.165, 1.54) is 17.4 Å². The molecule has 0 spiro atoms. The van der Waals surface area contributed by atoms with Crippen molar-refractivity contribution in [3.05, 3.63) is 64.1 Å². The number of aryl methyl sites for hydroxylation is 1. The van der Waals surface area contributed by atoms with Crippen LogP contribution in [0.2, 0.25) is 0 Å². The van der Waals surface area contributed by atoms with E-state index in [1.807, 2.05) is 60.8 Å². The standard InChI is InChI=1S/C18H13N3OS/c1-12-20-15(11-23-12)9-14(10-19)18(22)21-17-8-4-6-13-5-2-3-7-16(13)17/h2-9,11H,1H3,(H,21,22)/b14-9+. The zero-order valence-corrected chi connectivity index (χ0v) is 13.2. The number of carbonyl (C=O) groups is 1. The Morgan fingerprint density at radius 2 is 2.04 bits per heavy atom. The number of amides is 1. The molecule has 23 heavy (non-hydrogen) atoms. The lowest BCUT2D eigenvalue weighted by Crippen LogP contribution is -2.13. The summed E-state index contributed by atoms with van der Waals surface area (Å²) in [5, 5.41) is 16.7. The summed E-state index contributed by atoms with van der Waals surface area (Å²) >= 11 is 1.48. The molecule has 1 N–H and O–H groups in total. The van der Waals surface area contributed by atoms with Gasteiger partial charge in [-0.05, 0) is 24.5 Å². The monoisotopic (exact) mass is 319 g/mol. The van der Waals surface area contributed by atoms with Crippen LogP contribution in [0.4, 0.5) is 5.69 Å². The van der Waals surface area contributed by atoms with E-state index in [2.05, 4.69) is 10.3 Å². The van der Waals surface area contributed by atoms with Gasteiger partial charge in [-0.25, -0.2) is 4.98 Å². The topological polar surface area (TPSA) is 65.8 Å². The Hall–Kier alpha value is -2.97. The highest BCUT2D eigenvalue weighted by Gasteiger charge is 2.11. The lowest BCUT2D eigenvalue weighted by molar-refractivity contribution is -0.112. The summed E-state index contributed by atoms with van der Waals surface area (Å²) in [5.41, 5.74) is 1.34. The van der Waals surface area contributed by atoms with Crippen LogP contribution in [0.5, 0.6) is 0 Å². The first-order valence-electron chi connectivity index (χ1n) is 7.00. The quantitative estimate of drug-likeness (QED) is 0.582. The largest absolute Gasteiger partial charge is 0.321 e. The maximum Gasteiger partial charge on any atom is 0.266 e. The van der Waals surface area contributed by atoms with Crippen LogP contribution in [-0.2, 0) is 4.79 Å². The van der Waals surface area contributed by atoms with Crippen LogP contribution in [0.25, 0.3) is 16.8 Å². The third kappa shape index (κ3) is 3.28. The molecule has 0 aliphatic heterocycles. The van der Waals surface area contributed by atoms with E-state index < -0.39 is 5.91 Å². The molecule has 0 aliphatic rings. The second-order valence-electron chi connectivity index (χ2n) is 4.94. The van der Waals surface area contributed by atoms with Gasteiger partial charge < -0.3 is 5.32 Å². The smallest absolute Gasteiger partial charge is 0.266 e. The number of hydrogen-bond acceptors (Lipinski definition) is 4. The number of thiazole rings is 1. The normalized spacial score (nSPS) is 11.2. The Labute approximate surface area is 137 Å². The highest BCUT2D eigenvalue weighted by Crippen LogP contribution is 2.23. The third-order valence-corrected chi connectivity index (χ3v) is 4.12. The van der Waals surface area contributed by atoms with Gasteiger partial charge in [-0.3, -0.25) is 4.79 Å². The number of nitrogens with one attached hydrogen (secondary N) is 1. The zero-order valence-electron chi connectivity index (χ0n) is 12.4. The first kappa shape index (κ1) is 14.9. The summed E-state index contributed by atoms with van der Waals surface area (Å²) in [6, 6.07) is 15.4. The SMILES string of the molecule is Cc1nc(/C=C(\C#N)C(=O)Nc2cccc3ccccc23)cs1. The predicted octanol–water partition coefficient (Wildman–Crippen LogP) is 4.15. The van der Waals surface area contributed by atoms with Crippen molar-refractivity contribution in [2.45, 2.75) is 6.92 Å². The summed E-state index contributed by atoms with van der Waals surface area (Å²) in [6.45, 7) is 1.88. The first-order chi connectivity index (χ1) is 11.2. The van der Waals surface area contributed by atoms with E-state index in [9.17, 15) is 10.1 Å². The van der Waals surface area contributed by atoms with Gasteiger partial charge >= 0.3 is 0 Å². The van der Waals surface area contributed by atoms with Gasteiger partial charge in [0.2, 0.25) is 0 Å². The third-order valence-electron chi connectivity index (χ3n) is 3.33. The van der Waals surface area contributed by atoms with Crippen LogP contribution >= 0.6 is 11.3 Å². The maximum absolute atomic E-state index is 12.4. The molecule has 0 unspecified atom stereocenters. The summed E-state index contributed by atoms with van der Waals surface area (Å²) < 4.78 is 0. The van der Waals surface area contributed by atoms with Crippen molar-refractivity contribution < 1.29 is 4.79 Å². The Bertz CT molecular complexity index is 945. The zero-order chi connectivity index (χ0) is 16.2. The number of hydrogen-bond donors (Lipinski definition) is 1. The Balaban J connectivity index is 1.90. The number of rotatable bonds is 3. The minimum absolute atomic E-state index is 0.0308. The van der Waals surface area contributed by atoms with Crippen molar-refractivity contribution in [3.8, 4) is 6.07 Å². The van der Waals surface area contributed by atoms with Crippen molar-refractivity contribution in [2.75, 3.05) is 5.32 Å². The van der Waals surface area contributed by atoms with Crippen LogP contribution in [0.3, 0.4) is 0 Å². The average molecular weight is 319 g/mol. The van der Waals surface area contributed by atoms with Crippen LogP contribution in [-0.4, -0.2) is 10.9 Å².